The highest BCUT2D eigenvalue weighted by Gasteiger charge is 2.22. The predicted molar refractivity (Wildman–Crippen MR) is 78.4 cm³/mol. The molecule has 2 atom stereocenters. The number of urea groups is 1. The van der Waals surface area contributed by atoms with Gasteiger partial charge in [0, 0.05) is 24.6 Å². The Hall–Kier alpha value is -2.15. The zero-order valence-corrected chi connectivity index (χ0v) is 12.2. The number of ether oxygens (including phenoxy) is 1. The smallest absolute Gasteiger partial charge is 0.312 e. The Morgan fingerprint density at radius 1 is 1.41 bits per heavy atom. The van der Waals surface area contributed by atoms with Crippen molar-refractivity contribution >= 4 is 11.9 Å². The van der Waals surface area contributed by atoms with E-state index in [2.05, 4.69) is 10.6 Å². The van der Waals surface area contributed by atoms with Gasteiger partial charge in [-0.25, -0.2) is 9.18 Å². The number of halogens is 1. The second-order valence-corrected chi connectivity index (χ2v) is 5.32. The van der Waals surface area contributed by atoms with Crippen LogP contribution in [-0.2, 0) is 9.53 Å². The lowest BCUT2D eigenvalue weighted by molar-refractivity contribution is -0.121. The van der Waals surface area contributed by atoms with E-state index in [1.165, 1.54) is 12.1 Å². The molecule has 0 aromatic heterocycles. The minimum Gasteiger partial charge on any atom is -0.381 e. The molecule has 1 aliphatic heterocycles. The van der Waals surface area contributed by atoms with Gasteiger partial charge in [-0.3, -0.25) is 4.79 Å². The van der Waals surface area contributed by atoms with Crippen LogP contribution in [0.25, 0.3) is 0 Å². The maximum Gasteiger partial charge on any atom is 0.312 e. The van der Waals surface area contributed by atoms with Crippen LogP contribution in [0.15, 0.2) is 24.3 Å². The van der Waals surface area contributed by atoms with E-state index in [0.29, 0.717) is 25.7 Å². The summed E-state index contributed by atoms with van der Waals surface area (Å²) in [5.41, 5.74) is 5.35. The molecule has 0 radical (unpaired) electrons. The van der Waals surface area contributed by atoms with E-state index in [-0.39, 0.29) is 17.9 Å². The van der Waals surface area contributed by atoms with Gasteiger partial charge in [0.2, 0.25) is 5.91 Å². The van der Waals surface area contributed by atoms with Crippen LogP contribution in [0.1, 0.15) is 24.4 Å². The number of rotatable bonds is 6. The van der Waals surface area contributed by atoms with Crippen LogP contribution in [0.4, 0.5) is 9.18 Å². The Morgan fingerprint density at radius 2 is 2.18 bits per heavy atom. The van der Waals surface area contributed by atoms with E-state index in [0.717, 1.165) is 6.42 Å². The van der Waals surface area contributed by atoms with Gasteiger partial charge in [-0.1, -0.05) is 18.2 Å². The van der Waals surface area contributed by atoms with Gasteiger partial charge < -0.3 is 21.1 Å². The first-order valence-corrected chi connectivity index (χ1v) is 7.21. The Balaban J connectivity index is 1.95. The average Bonchev–Trinajstić information content (AvgIpc) is 2.98. The first kappa shape index (κ1) is 16.2. The zero-order valence-electron chi connectivity index (χ0n) is 12.2. The summed E-state index contributed by atoms with van der Waals surface area (Å²) in [6.07, 6.45) is 0.841. The van der Waals surface area contributed by atoms with Crippen molar-refractivity contribution in [1.29, 1.82) is 0 Å². The van der Waals surface area contributed by atoms with Gasteiger partial charge in [-0.15, -0.1) is 0 Å². The second-order valence-electron chi connectivity index (χ2n) is 5.32. The van der Waals surface area contributed by atoms with Crippen LogP contribution in [-0.4, -0.2) is 31.7 Å². The third-order valence-corrected chi connectivity index (χ3v) is 3.60. The maximum absolute atomic E-state index is 13.8. The number of benzene rings is 1. The van der Waals surface area contributed by atoms with Crippen molar-refractivity contribution in [2.75, 3.05) is 19.8 Å². The lowest BCUT2D eigenvalue weighted by atomic mass is 10.0. The summed E-state index contributed by atoms with van der Waals surface area (Å²) in [6.45, 7) is 1.86. The number of hydrogen-bond acceptors (Lipinski definition) is 3. The Morgan fingerprint density at radius 3 is 2.82 bits per heavy atom. The molecule has 1 fully saturated rings. The zero-order chi connectivity index (χ0) is 15.9. The topological polar surface area (TPSA) is 93.5 Å². The lowest BCUT2D eigenvalue weighted by Crippen LogP contribution is -2.38. The van der Waals surface area contributed by atoms with Crippen molar-refractivity contribution in [2.45, 2.75) is 18.9 Å². The predicted octanol–water partition coefficient (Wildman–Crippen LogP) is 1.08. The van der Waals surface area contributed by atoms with E-state index in [4.69, 9.17) is 10.5 Å². The molecule has 0 aliphatic carbocycles. The first-order valence-electron chi connectivity index (χ1n) is 7.21. The molecule has 1 saturated heterocycles. The van der Waals surface area contributed by atoms with Gasteiger partial charge in [-0.2, -0.15) is 0 Å². The number of nitrogens with two attached hydrogens (primary N) is 1. The molecule has 7 heteroatoms. The van der Waals surface area contributed by atoms with Gasteiger partial charge >= 0.3 is 6.03 Å². The summed E-state index contributed by atoms with van der Waals surface area (Å²) in [5.74, 6) is -0.452. The van der Waals surface area contributed by atoms with Crippen molar-refractivity contribution in [3.63, 3.8) is 0 Å². The molecule has 0 spiro atoms. The van der Waals surface area contributed by atoms with Crippen molar-refractivity contribution in [3.8, 4) is 0 Å². The van der Waals surface area contributed by atoms with Crippen LogP contribution in [0.2, 0.25) is 0 Å². The molecule has 0 unspecified atom stereocenters. The van der Waals surface area contributed by atoms with E-state index in [9.17, 15) is 14.0 Å². The number of nitrogens with one attached hydrogen (secondary N) is 2. The lowest BCUT2D eigenvalue weighted by Gasteiger charge is -2.19. The van der Waals surface area contributed by atoms with E-state index in [1.807, 2.05) is 0 Å². The molecule has 1 aromatic rings. The highest BCUT2D eigenvalue weighted by Crippen LogP contribution is 2.20. The second kappa shape index (κ2) is 7.74. The minimum absolute atomic E-state index is 0.0720. The van der Waals surface area contributed by atoms with E-state index < -0.39 is 17.9 Å². The third kappa shape index (κ3) is 4.70. The van der Waals surface area contributed by atoms with Crippen LogP contribution in [0, 0.1) is 11.7 Å². The van der Waals surface area contributed by atoms with E-state index >= 15 is 0 Å². The molecular formula is C15H20FN3O3. The molecule has 6 nitrogen and oxygen atoms in total. The quantitative estimate of drug-likeness (QED) is 0.734. The summed E-state index contributed by atoms with van der Waals surface area (Å²) in [7, 11) is 0. The molecule has 120 valence electrons. The maximum atomic E-state index is 13.8. The molecule has 3 amide bonds. The number of carbonyl (C=O) groups excluding carboxylic acids is 2. The first-order chi connectivity index (χ1) is 10.6. The average molecular weight is 309 g/mol. The Labute approximate surface area is 128 Å². The van der Waals surface area contributed by atoms with Gasteiger partial charge in [-0.05, 0) is 12.5 Å². The highest BCUT2D eigenvalue weighted by atomic mass is 19.1. The van der Waals surface area contributed by atoms with E-state index in [1.54, 1.807) is 12.1 Å². The normalized spacial score (nSPS) is 18.7. The fourth-order valence-corrected chi connectivity index (χ4v) is 2.43. The summed E-state index contributed by atoms with van der Waals surface area (Å²) in [5, 5.41) is 5.19. The fourth-order valence-electron chi connectivity index (χ4n) is 2.43. The Bertz CT molecular complexity index is 533. The van der Waals surface area contributed by atoms with Crippen LogP contribution in [0.3, 0.4) is 0 Å². The minimum atomic E-state index is -0.801. The van der Waals surface area contributed by atoms with Gasteiger partial charge in [0.05, 0.1) is 19.1 Å². The molecule has 2 rings (SSSR count). The Kier molecular flexibility index (Phi) is 5.71. The SMILES string of the molecule is NC(=O)N[C@H](CC(=O)NC[C@@H]1CCOC1)c1ccccc1F. The summed E-state index contributed by atoms with van der Waals surface area (Å²) < 4.78 is 19.1. The van der Waals surface area contributed by atoms with Crippen LogP contribution >= 0.6 is 0 Å². The van der Waals surface area contributed by atoms with Gasteiger partial charge in [0.1, 0.15) is 5.82 Å². The van der Waals surface area contributed by atoms with Gasteiger partial charge in [0.25, 0.3) is 0 Å². The molecule has 4 N–H and O–H groups in total. The fraction of sp³-hybridized carbons (Fsp3) is 0.467. The number of carbonyl (C=O) groups is 2. The molecule has 1 aliphatic rings. The largest absolute Gasteiger partial charge is 0.381 e. The number of hydrogen-bond donors (Lipinski definition) is 3. The molecular weight excluding hydrogens is 289 g/mol. The molecule has 0 bridgehead atoms. The van der Waals surface area contributed by atoms with Crippen molar-refractivity contribution < 1.29 is 18.7 Å². The number of amides is 3. The highest BCUT2D eigenvalue weighted by molar-refractivity contribution is 5.78. The summed E-state index contributed by atoms with van der Waals surface area (Å²) in [6, 6.07) is 4.39. The molecule has 0 saturated carbocycles. The molecule has 22 heavy (non-hydrogen) atoms. The van der Waals surface area contributed by atoms with Gasteiger partial charge in [0.15, 0.2) is 0 Å². The molecule has 1 aromatic carbocycles. The summed E-state index contributed by atoms with van der Waals surface area (Å²) in [4.78, 5) is 23.1. The standard InChI is InChI=1S/C15H20FN3O3/c16-12-4-2-1-3-11(12)13(19-15(17)21)7-14(20)18-8-10-5-6-22-9-10/h1-4,10,13H,5-9H2,(H,18,20)(H3,17,19,21)/t10-,13+/m0/s1. The van der Waals surface area contributed by atoms with Crippen molar-refractivity contribution in [3.05, 3.63) is 35.6 Å². The monoisotopic (exact) mass is 309 g/mol. The summed E-state index contributed by atoms with van der Waals surface area (Å²) >= 11 is 0. The molecule has 1 heterocycles. The van der Waals surface area contributed by atoms with Crippen LogP contribution in [0.5, 0.6) is 0 Å². The van der Waals surface area contributed by atoms with Crippen molar-refractivity contribution in [1.82, 2.24) is 10.6 Å². The third-order valence-electron chi connectivity index (χ3n) is 3.60. The van der Waals surface area contributed by atoms with Crippen LogP contribution < -0.4 is 16.4 Å². The number of primary amides is 1. The van der Waals surface area contributed by atoms with Crippen molar-refractivity contribution in [2.24, 2.45) is 11.7 Å².